The van der Waals surface area contributed by atoms with Crippen molar-refractivity contribution in [2.75, 3.05) is 19.5 Å². The number of amidine groups is 1. The van der Waals surface area contributed by atoms with Crippen LogP contribution >= 0.6 is 11.8 Å². The molecule has 1 aromatic carbocycles. The van der Waals surface area contributed by atoms with Crippen LogP contribution in [0, 0.1) is 0 Å². The number of hydrazone groups is 1. The van der Waals surface area contributed by atoms with Gasteiger partial charge in [-0.3, -0.25) is 14.4 Å². The molecule has 1 saturated heterocycles. The van der Waals surface area contributed by atoms with Crippen LogP contribution < -0.4 is 25.5 Å². The summed E-state index contributed by atoms with van der Waals surface area (Å²) in [5.74, 6) is 0.0114. The molecule has 3 amide bonds. The first-order valence-corrected chi connectivity index (χ1v) is 8.14. The number of carbonyl (C=O) groups excluding carboxylic acids is 3. The molecule has 1 fully saturated rings. The SMILES string of the molecule is COc1ccc(NC(=O)C[C@H]2S/C(=N/NC(C)=O)NC2=O)cc1OC. The van der Waals surface area contributed by atoms with Gasteiger partial charge >= 0.3 is 0 Å². The molecule has 3 N–H and O–H groups in total. The molecule has 0 unspecified atom stereocenters. The molecule has 1 aliphatic rings. The van der Waals surface area contributed by atoms with Gasteiger partial charge in [0.2, 0.25) is 17.7 Å². The van der Waals surface area contributed by atoms with Gasteiger partial charge in [0, 0.05) is 25.1 Å². The molecule has 9 nitrogen and oxygen atoms in total. The first kappa shape index (κ1) is 18.6. The molecule has 0 radical (unpaired) electrons. The third-order valence-corrected chi connectivity index (χ3v) is 4.21. The molecule has 0 saturated carbocycles. The van der Waals surface area contributed by atoms with E-state index in [1.165, 1.54) is 21.1 Å². The van der Waals surface area contributed by atoms with Gasteiger partial charge in [-0.25, -0.2) is 5.43 Å². The van der Waals surface area contributed by atoms with Crippen molar-refractivity contribution in [3.63, 3.8) is 0 Å². The molecule has 0 aliphatic carbocycles. The molecule has 10 heteroatoms. The maximum atomic E-state index is 12.2. The highest BCUT2D eigenvalue weighted by molar-refractivity contribution is 8.15. The van der Waals surface area contributed by atoms with Crippen LogP contribution in [0.5, 0.6) is 11.5 Å². The van der Waals surface area contributed by atoms with Crippen molar-refractivity contribution < 1.29 is 23.9 Å². The van der Waals surface area contributed by atoms with Gasteiger partial charge in [0.05, 0.1) is 14.2 Å². The number of hydrogen-bond donors (Lipinski definition) is 3. The molecule has 1 aromatic rings. The van der Waals surface area contributed by atoms with Crippen molar-refractivity contribution in [2.24, 2.45) is 5.10 Å². The number of methoxy groups -OCH3 is 2. The highest BCUT2D eigenvalue weighted by Gasteiger charge is 2.32. The van der Waals surface area contributed by atoms with Crippen molar-refractivity contribution in [1.82, 2.24) is 10.7 Å². The standard InChI is InChI=1S/C15H18N4O5S/c1-8(20)18-19-15-17-14(22)12(25-15)7-13(21)16-9-4-5-10(23-2)11(6-9)24-3/h4-6,12H,7H2,1-3H3,(H,16,21)(H,18,20)(H,17,19,22)/t12-/m1/s1. The molecule has 0 aromatic heterocycles. The second-order valence-corrected chi connectivity index (χ2v) is 6.19. The quantitative estimate of drug-likeness (QED) is 0.637. The Labute approximate surface area is 148 Å². The monoisotopic (exact) mass is 366 g/mol. The zero-order valence-electron chi connectivity index (χ0n) is 13.9. The lowest BCUT2D eigenvalue weighted by Gasteiger charge is -2.11. The minimum absolute atomic E-state index is 0.0378. The fourth-order valence-corrected chi connectivity index (χ4v) is 2.94. The van der Waals surface area contributed by atoms with Crippen molar-refractivity contribution in [1.29, 1.82) is 0 Å². The van der Waals surface area contributed by atoms with Crippen LogP contribution in [-0.2, 0) is 14.4 Å². The van der Waals surface area contributed by atoms with Crippen LogP contribution in [0.25, 0.3) is 0 Å². The van der Waals surface area contributed by atoms with Gasteiger partial charge in [0.25, 0.3) is 0 Å². The maximum absolute atomic E-state index is 12.2. The van der Waals surface area contributed by atoms with Crippen molar-refractivity contribution >= 4 is 40.3 Å². The van der Waals surface area contributed by atoms with Crippen molar-refractivity contribution in [2.45, 2.75) is 18.6 Å². The van der Waals surface area contributed by atoms with Crippen LogP contribution in [0.1, 0.15) is 13.3 Å². The summed E-state index contributed by atoms with van der Waals surface area (Å²) in [4.78, 5) is 34.8. The van der Waals surface area contributed by atoms with E-state index < -0.39 is 5.25 Å². The number of carbonyl (C=O) groups is 3. The van der Waals surface area contributed by atoms with Crippen LogP contribution in [-0.4, -0.2) is 42.4 Å². The predicted octanol–water partition coefficient (Wildman–Crippen LogP) is 0.671. The van der Waals surface area contributed by atoms with Crippen LogP contribution in [0.15, 0.2) is 23.3 Å². The topological polar surface area (TPSA) is 118 Å². The number of thioether (sulfide) groups is 1. The van der Waals surface area contributed by atoms with E-state index in [1.54, 1.807) is 18.2 Å². The maximum Gasteiger partial charge on any atom is 0.240 e. The van der Waals surface area contributed by atoms with E-state index >= 15 is 0 Å². The summed E-state index contributed by atoms with van der Waals surface area (Å²) in [5, 5.41) is 8.59. The van der Waals surface area contributed by atoms with Crippen LogP contribution in [0.3, 0.4) is 0 Å². The van der Waals surface area contributed by atoms with E-state index in [4.69, 9.17) is 9.47 Å². The zero-order chi connectivity index (χ0) is 18.4. The lowest BCUT2D eigenvalue weighted by molar-refractivity contribution is -0.122. The molecule has 0 bridgehead atoms. The van der Waals surface area contributed by atoms with E-state index in [2.05, 4.69) is 21.2 Å². The Morgan fingerprint density at radius 1 is 1.28 bits per heavy atom. The highest BCUT2D eigenvalue weighted by atomic mass is 32.2. The molecule has 1 aliphatic heterocycles. The number of benzene rings is 1. The number of rotatable bonds is 6. The molecular weight excluding hydrogens is 348 g/mol. The van der Waals surface area contributed by atoms with Gasteiger partial charge in [0.1, 0.15) is 5.25 Å². The number of ether oxygens (including phenoxy) is 2. The van der Waals surface area contributed by atoms with Gasteiger partial charge in [-0.05, 0) is 12.1 Å². The summed E-state index contributed by atoms with van der Waals surface area (Å²) in [6.45, 7) is 1.31. The van der Waals surface area contributed by atoms with E-state index in [0.717, 1.165) is 11.8 Å². The van der Waals surface area contributed by atoms with Gasteiger partial charge in [-0.1, -0.05) is 11.8 Å². The lowest BCUT2D eigenvalue weighted by atomic mass is 10.2. The summed E-state index contributed by atoms with van der Waals surface area (Å²) < 4.78 is 10.3. The van der Waals surface area contributed by atoms with Gasteiger partial charge < -0.3 is 20.1 Å². The third kappa shape index (κ3) is 5.11. The second-order valence-electron chi connectivity index (χ2n) is 5.00. The highest BCUT2D eigenvalue weighted by Crippen LogP contribution is 2.30. The van der Waals surface area contributed by atoms with Crippen LogP contribution in [0.4, 0.5) is 5.69 Å². The fourth-order valence-electron chi connectivity index (χ4n) is 2.02. The summed E-state index contributed by atoms with van der Waals surface area (Å²) in [6, 6.07) is 4.97. The molecule has 134 valence electrons. The molecule has 2 rings (SSSR count). The third-order valence-electron chi connectivity index (χ3n) is 3.13. The van der Waals surface area contributed by atoms with E-state index in [1.807, 2.05) is 0 Å². The number of hydrogen-bond acceptors (Lipinski definition) is 7. The summed E-state index contributed by atoms with van der Waals surface area (Å²) in [5.41, 5.74) is 2.76. The first-order chi connectivity index (χ1) is 11.9. The molecule has 1 atom stereocenters. The number of anilines is 1. The number of amides is 3. The van der Waals surface area contributed by atoms with Gasteiger partial charge in [-0.15, -0.1) is 5.10 Å². The minimum atomic E-state index is -0.618. The molecular formula is C15H18N4O5S. The van der Waals surface area contributed by atoms with E-state index in [0.29, 0.717) is 17.2 Å². The van der Waals surface area contributed by atoms with E-state index in [-0.39, 0.29) is 29.3 Å². The Morgan fingerprint density at radius 3 is 2.64 bits per heavy atom. The van der Waals surface area contributed by atoms with Crippen LogP contribution in [0.2, 0.25) is 0 Å². The first-order valence-electron chi connectivity index (χ1n) is 7.26. The normalized spacial score (nSPS) is 17.8. The van der Waals surface area contributed by atoms with Gasteiger partial charge in [0.15, 0.2) is 16.7 Å². The molecule has 25 heavy (non-hydrogen) atoms. The Morgan fingerprint density at radius 2 is 2.00 bits per heavy atom. The summed E-state index contributed by atoms with van der Waals surface area (Å²) in [6.07, 6.45) is -0.0378. The lowest BCUT2D eigenvalue weighted by Crippen LogP contribution is -2.28. The number of nitrogens with one attached hydrogen (secondary N) is 3. The van der Waals surface area contributed by atoms with Crippen molar-refractivity contribution in [3.8, 4) is 11.5 Å². The predicted molar refractivity (Wildman–Crippen MR) is 93.6 cm³/mol. The number of nitrogens with zero attached hydrogens (tertiary/aromatic N) is 1. The average Bonchev–Trinajstić information content (AvgIpc) is 2.92. The summed E-state index contributed by atoms with van der Waals surface area (Å²) in [7, 11) is 3.02. The Kier molecular flexibility index (Phi) is 6.23. The molecule has 1 heterocycles. The minimum Gasteiger partial charge on any atom is -0.493 e. The Balaban J connectivity index is 1.95. The fraction of sp³-hybridized carbons (Fsp3) is 0.333. The Bertz CT molecular complexity index is 722. The second kappa shape index (κ2) is 8.38. The smallest absolute Gasteiger partial charge is 0.240 e. The Hall–Kier alpha value is -2.75. The molecule has 0 spiro atoms. The average molecular weight is 366 g/mol. The largest absolute Gasteiger partial charge is 0.493 e. The summed E-state index contributed by atoms with van der Waals surface area (Å²) >= 11 is 1.08. The van der Waals surface area contributed by atoms with E-state index in [9.17, 15) is 14.4 Å². The van der Waals surface area contributed by atoms with Gasteiger partial charge in [-0.2, -0.15) is 0 Å². The van der Waals surface area contributed by atoms with Crippen molar-refractivity contribution in [3.05, 3.63) is 18.2 Å². The zero-order valence-corrected chi connectivity index (χ0v) is 14.7.